The molecule has 1 aliphatic heterocycles. The molecule has 2 heterocycles. The molecular weight excluding hydrogens is 366 g/mol. The van der Waals surface area contributed by atoms with Gasteiger partial charge in [0.1, 0.15) is 17.4 Å². The van der Waals surface area contributed by atoms with Crippen LogP contribution in [0.2, 0.25) is 0 Å². The molecule has 6 nitrogen and oxygen atoms in total. The van der Waals surface area contributed by atoms with E-state index in [1.54, 1.807) is 48.7 Å². The van der Waals surface area contributed by atoms with Crippen molar-refractivity contribution >= 4 is 23.2 Å². The SMILES string of the molecule is CC1=C(C(=O)Nc2ccccn2)[C@H](c2ccc(O)cc2)C2C(=O)C[C@H](C)CC2=N1. The standard InChI is InChI=1S/C23H23N3O3/c1-13-11-17-22(18(28)12-13)21(15-6-8-16(27)9-7-15)20(14(2)25-17)23(29)26-19-5-3-4-10-24-19/h3-10,13,21-22,27H,11-12H2,1-2H3,(H,24,26,29)/t13-,21+,22?/m1/s1. The van der Waals surface area contributed by atoms with E-state index in [0.717, 1.165) is 17.7 Å². The number of hydrogen-bond acceptors (Lipinski definition) is 5. The predicted molar refractivity (Wildman–Crippen MR) is 111 cm³/mol. The van der Waals surface area contributed by atoms with E-state index >= 15 is 0 Å². The summed E-state index contributed by atoms with van der Waals surface area (Å²) in [5.74, 6) is -0.266. The molecule has 2 aromatic rings. The number of amides is 1. The van der Waals surface area contributed by atoms with Crippen LogP contribution in [-0.2, 0) is 9.59 Å². The Morgan fingerprint density at radius 1 is 1.10 bits per heavy atom. The zero-order chi connectivity index (χ0) is 20.5. The van der Waals surface area contributed by atoms with Gasteiger partial charge in [0, 0.05) is 35.5 Å². The summed E-state index contributed by atoms with van der Waals surface area (Å²) >= 11 is 0. The maximum atomic E-state index is 13.2. The number of aromatic nitrogens is 1. The van der Waals surface area contributed by atoms with Crippen LogP contribution in [0.15, 0.2) is 64.9 Å². The molecule has 0 spiro atoms. The number of ketones is 1. The van der Waals surface area contributed by atoms with E-state index in [4.69, 9.17) is 0 Å². The summed E-state index contributed by atoms with van der Waals surface area (Å²) in [5, 5.41) is 12.5. The van der Waals surface area contributed by atoms with E-state index in [9.17, 15) is 14.7 Å². The highest BCUT2D eigenvalue weighted by atomic mass is 16.3. The van der Waals surface area contributed by atoms with Gasteiger partial charge in [-0.1, -0.05) is 25.1 Å². The van der Waals surface area contributed by atoms with Gasteiger partial charge in [0.25, 0.3) is 5.91 Å². The van der Waals surface area contributed by atoms with Gasteiger partial charge in [0.15, 0.2) is 0 Å². The number of carbonyl (C=O) groups is 2. The number of benzene rings is 1. The molecule has 3 atom stereocenters. The number of allylic oxidation sites excluding steroid dienone is 1. The summed E-state index contributed by atoms with van der Waals surface area (Å²) in [6, 6.07) is 12.0. The fraction of sp³-hybridized carbons (Fsp3) is 0.304. The maximum absolute atomic E-state index is 13.2. The Hall–Kier alpha value is -3.28. The molecule has 6 heteroatoms. The maximum Gasteiger partial charge on any atom is 0.255 e. The van der Waals surface area contributed by atoms with E-state index in [2.05, 4.69) is 22.2 Å². The number of rotatable bonds is 3. The molecule has 1 aromatic carbocycles. The molecule has 1 fully saturated rings. The quantitative estimate of drug-likeness (QED) is 0.834. The second-order valence-corrected chi connectivity index (χ2v) is 7.80. The number of phenolic OH excluding ortho intramolecular Hbond substituents is 1. The van der Waals surface area contributed by atoms with Crippen molar-refractivity contribution in [2.45, 2.75) is 32.6 Å². The number of anilines is 1. The van der Waals surface area contributed by atoms with Gasteiger partial charge in [0.2, 0.25) is 0 Å². The van der Waals surface area contributed by atoms with Crippen molar-refractivity contribution in [2.24, 2.45) is 16.8 Å². The first-order chi connectivity index (χ1) is 13.9. The largest absolute Gasteiger partial charge is 0.508 e. The van der Waals surface area contributed by atoms with Gasteiger partial charge in [0.05, 0.1) is 5.92 Å². The van der Waals surface area contributed by atoms with Gasteiger partial charge >= 0.3 is 0 Å². The Bertz CT molecular complexity index is 1010. The van der Waals surface area contributed by atoms with Crippen LogP contribution in [0.25, 0.3) is 0 Å². The van der Waals surface area contributed by atoms with Crippen molar-refractivity contribution in [3.8, 4) is 5.75 Å². The molecule has 4 rings (SSSR count). The van der Waals surface area contributed by atoms with Crippen molar-refractivity contribution < 1.29 is 14.7 Å². The monoisotopic (exact) mass is 389 g/mol. The zero-order valence-corrected chi connectivity index (χ0v) is 16.4. The Labute approximate surface area is 169 Å². The van der Waals surface area contributed by atoms with Gasteiger partial charge in [-0.15, -0.1) is 0 Å². The number of carbonyl (C=O) groups excluding carboxylic acids is 2. The summed E-state index contributed by atoms with van der Waals surface area (Å²) in [4.78, 5) is 35.1. The third-order valence-electron chi connectivity index (χ3n) is 5.56. The number of aromatic hydroxyl groups is 1. The number of hydrogen-bond donors (Lipinski definition) is 2. The second kappa shape index (κ2) is 7.62. The van der Waals surface area contributed by atoms with E-state index in [0.29, 0.717) is 23.5 Å². The highest BCUT2D eigenvalue weighted by molar-refractivity contribution is 6.14. The number of aliphatic imine (C=N–C) groups is 1. The highest BCUT2D eigenvalue weighted by Crippen LogP contribution is 2.44. The number of nitrogens with one attached hydrogen (secondary N) is 1. The van der Waals surface area contributed by atoms with Gasteiger partial charge in [-0.25, -0.2) is 4.98 Å². The van der Waals surface area contributed by atoms with Gasteiger partial charge < -0.3 is 10.4 Å². The third kappa shape index (κ3) is 3.70. The van der Waals surface area contributed by atoms with Gasteiger partial charge in [-0.2, -0.15) is 0 Å². The van der Waals surface area contributed by atoms with Crippen molar-refractivity contribution in [3.63, 3.8) is 0 Å². The molecule has 0 bridgehead atoms. The summed E-state index contributed by atoms with van der Waals surface area (Å²) < 4.78 is 0. The lowest BCUT2D eigenvalue weighted by atomic mass is 9.67. The van der Waals surface area contributed by atoms with E-state index in [1.807, 2.05) is 6.92 Å². The highest BCUT2D eigenvalue weighted by Gasteiger charge is 2.44. The number of pyridine rings is 1. The molecule has 2 N–H and O–H groups in total. The Kier molecular flexibility index (Phi) is 5.01. The molecule has 0 saturated heterocycles. The minimum absolute atomic E-state index is 0.108. The Morgan fingerprint density at radius 2 is 1.86 bits per heavy atom. The lowest BCUT2D eigenvalue weighted by Gasteiger charge is -2.37. The topological polar surface area (TPSA) is 91.6 Å². The van der Waals surface area contributed by atoms with Crippen LogP contribution in [0.5, 0.6) is 5.75 Å². The Balaban J connectivity index is 1.80. The van der Waals surface area contributed by atoms with Crippen molar-refractivity contribution in [2.75, 3.05) is 5.32 Å². The molecule has 1 amide bonds. The van der Waals surface area contributed by atoms with E-state index < -0.39 is 11.8 Å². The molecule has 29 heavy (non-hydrogen) atoms. The fourth-order valence-electron chi connectivity index (χ4n) is 4.34. The first kappa shape index (κ1) is 19.1. The lowest BCUT2D eigenvalue weighted by molar-refractivity contribution is -0.123. The molecule has 0 radical (unpaired) electrons. The molecule has 1 aliphatic carbocycles. The third-order valence-corrected chi connectivity index (χ3v) is 5.56. The minimum Gasteiger partial charge on any atom is -0.508 e. The van der Waals surface area contributed by atoms with Crippen LogP contribution in [0.4, 0.5) is 5.82 Å². The first-order valence-electron chi connectivity index (χ1n) is 9.76. The second-order valence-electron chi connectivity index (χ2n) is 7.80. The first-order valence-corrected chi connectivity index (χ1v) is 9.76. The normalized spacial score (nSPS) is 24.0. The van der Waals surface area contributed by atoms with Crippen LogP contribution in [0.3, 0.4) is 0 Å². The average molecular weight is 389 g/mol. The average Bonchev–Trinajstić information content (AvgIpc) is 2.68. The Morgan fingerprint density at radius 3 is 2.55 bits per heavy atom. The zero-order valence-electron chi connectivity index (χ0n) is 16.4. The van der Waals surface area contributed by atoms with Crippen molar-refractivity contribution in [3.05, 3.63) is 65.5 Å². The van der Waals surface area contributed by atoms with Crippen molar-refractivity contribution in [1.82, 2.24) is 4.98 Å². The molecule has 1 saturated carbocycles. The fourth-order valence-corrected chi connectivity index (χ4v) is 4.34. The van der Waals surface area contributed by atoms with E-state index in [1.165, 1.54) is 0 Å². The summed E-state index contributed by atoms with van der Waals surface area (Å²) in [6.07, 6.45) is 2.83. The molecule has 2 aliphatic rings. The molecular formula is C23H23N3O3. The molecule has 1 unspecified atom stereocenters. The number of phenols is 1. The number of Topliss-reactive ketones (excluding diaryl/α,β-unsaturated/α-hetero) is 1. The number of nitrogens with zero attached hydrogens (tertiary/aromatic N) is 2. The van der Waals surface area contributed by atoms with Crippen molar-refractivity contribution in [1.29, 1.82) is 0 Å². The summed E-state index contributed by atoms with van der Waals surface area (Å²) in [5.41, 5.74) is 2.75. The summed E-state index contributed by atoms with van der Waals surface area (Å²) in [6.45, 7) is 3.86. The summed E-state index contributed by atoms with van der Waals surface area (Å²) in [7, 11) is 0. The van der Waals surface area contributed by atoms with Crippen LogP contribution in [0, 0.1) is 11.8 Å². The minimum atomic E-state index is -0.455. The molecule has 148 valence electrons. The molecule has 1 aromatic heterocycles. The van der Waals surface area contributed by atoms with E-state index in [-0.39, 0.29) is 23.4 Å². The predicted octanol–water partition coefficient (Wildman–Crippen LogP) is 3.85. The van der Waals surface area contributed by atoms with Crippen LogP contribution < -0.4 is 5.32 Å². The van der Waals surface area contributed by atoms with Crippen LogP contribution >= 0.6 is 0 Å². The van der Waals surface area contributed by atoms with Crippen LogP contribution in [-0.4, -0.2) is 27.5 Å². The number of fused-ring (bicyclic) bond motifs is 1. The van der Waals surface area contributed by atoms with Gasteiger partial charge in [-0.3, -0.25) is 14.6 Å². The smallest absolute Gasteiger partial charge is 0.255 e. The van der Waals surface area contributed by atoms with Gasteiger partial charge in [-0.05, 0) is 49.1 Å². The van der Waals surface area contributed by atoms with Crippen LogP contribution in [0.1, 0.15) is 38.2 Å². The lowest BCUT2D eigenvalue weighted by Crippen LogP contribution is -2.41.